The van der Waals surface area contributed by atoms with Crippen molar-refractivity contribution >= 4 is 17.2 Å². The Hall–Kier alpha value is -2.41. The van der Waals surface area contributed by atoms with Crippen LogP contribution >= 0.6 is 0 Å². The third kappa shape index (κ3) is 2.68. The molecule has 0 amide bonds. The number of nitriles is 1. The van der Waals surface area contributed by atoms with Crippen LogP contribution in [-0.4, -0.2) is 25.6 Å². The summed E-state index contributed by atoms with van der Waals surface area (Å²) in [5.41, 5.74) is 4.62. The number of hydrogen-bond acceptors (Lipinski definition) is 4. The van der Waals surface area contributed by atoms with Gasteiger partial charge in [0, 0.05) is 49.1 Å². The van der Waals surface area contributed by atoms with E-state index in [4.69, 9.17) is 0 Å². The van der Waals surface area contributed by atoms with Crippen LogP contribution in [0.15, 0.2) is 40.5 Å². The van der Waals surface area contributed by atoms with Crippen LogP contribution in [0.4, 0.5) is 5.69 Å². The zero-order chi connectivity index (χ0) is 16.6. The Bertz CT molecular complexity index is 735. The van der Waals surface area contributed by atoms with E-state index in [2.05, 4.69) is 11.1 Å². The number of carbonyl (C=O) groups excluding carboxylic acids is 1. The lowest BCUT2D eigenvalue weighted by molar-refractivity contribution is -0.116. The minimum Gasteiger partial charge on any atom is -0.378 e. The average molecular weight is 307 g/mol. The first-order valence-corrected chi connectivity index (χ1v) is 8.01. The molecule has 1 heterocycles. The van der Waals surface area contributed by atoms with Gasteiger partial charge in [-0.25, -0.2) is 0 Å². The van der Waals surface area contributed by atoms with E-state index in [1.807, 2.05) is 50.2 Å². The van der Waals surface area contributed by atoms with Crippen LogP contribution in [0.1, 0.15) is 37.7 Å². The summed E-state index contributed by atoms with van der Waals surface area (Å²) in [5.74, 6) is -0.387. The Labute approximate surface area is 137 Å². The minimum atomic E-state index is -0.360. The van der Waals surface area contributed by atoms with Crippen LogP contribution in [0.25, 0.3) is 0 Å². The molecule has 0 saturated heterocycles. The molecule has 0 radical (unpaired) electrons. The predicted molar refractivity (Wildman–Crippen MR) is 91.6 cm³/mol. The molecular weight excluding hydrogens is 286 g/mol. The maximum atomic E-state index is 12.5. The van der Waals surface area contributed by atoms with Crippen molar-refractivity contribution in [3.63, 3.8) is 0 Å². The van der Waals surface area contributed by atoms with Crippen LogP contribution < -0.4 is 4.90 Å². The van der Waals surface area contributed by atoms with Crippen molar-refractivity contribution in [2.75, 3.05) is 19.0 Å². The standard InChI is InChI=1S/C19H21N3O/c1-12-15(11-20)18(13-7-9-14(10-8-13)22(2)3)19-16(21-12)5-4-6-17(19)23/h7-10,15,18H,4-6H2,1-3H3/t15?,18-/m0/s1. The smallest absolute Gasteiger partial charge is 0.161 e. The van der Waals surface area contributed by atoms with Crippen molar-refractivity contribution in [2.24, 2.45) is 10.9 Å². The van der Waals surface area contributed by atoms with Crippen molar-refractivity contribution in [3.05, 3.63) is 41.1 Å². The van der Waals surface area contributed by atoms with Crippen molar-refractivity contribution in [3.8, 4) is 6.07 Å². The normalized spacial score (nSPS) is 23.9. The average Bonchev–Trinajstić information content (AvgIpc) is 2.54. The van der Waals surface area contributed by atoms with E-state index in [1.54, 1.807) is 0 Å². The van der Waals surface area contributed by atoms with Gasteiger partial charge in [-0.3, -0.25) is 9.79 Å². The van der Waals surface area contributed by atoms with Crippen LogP contribution in [0.2, 0.25) is 0 Å². The van der Waals surface area contributed by atoms with Gasteiger partial charge < -0.3 is 4.90 Å². The number of aliphatic imine (C=N–C) groups is 1. The summed E-state index contributed by atoms with van der Waals surface area (Å²) >= 11 is 0. The molecular formula is C19H21N3O. The van der Waals surface area contributed by atoms with Gasteiger partial charge in [0.05, 0.1) is 12.0 Å². The van der Waals surface area contributed by atoms with Crippen molar-refractivity contribution in [2.45, 2.75) is 32.1 Å². The zero-order valence-corrected chi connectivity index (χ0v) is 13.8. The fraction of sp³-hybridized carbons (Fsp3) is 0.421. The molecule has 1 aliphatic carbocycles. The number of hydrogen-bond donors (Lipinski definition) is 0. The van der Waals surface area contributed by atoms with E-state index in [0.717, 1.165) is 41.1 Å². The monoisotopic (exact) mass is 307 g/mol. The second kappa shape index (κ2) is 6.00. The third-order valence-electron chi connectivity index (χ3n) is 4.74. The summed E-state index contributed by atoms with van der Waals surface area (Å²) in [6, 6.07) is 10.5. The molecule has 1 aromatic rings. The molecule has 23 heavy (non-hydrogen) atoms. The predicted octanol–water partition coefficient (Wildman–Crippen LogP) is 3.46. The van der Waals surface area contributed by atoms with Crippen molar-refractivity contribution in [1.29, 1.82) is 5.26 Å². The molecule has 0 N–H and O–H groups in total. The highest BCUT2D eigenvalue weighted by Gasteiger charge is 2.38. The quantitative estimate of drug-likeness (QED) is 0.840. The minimum absolute atomic E-state index is 0.157. The third-order valence-corrected chi connectivity index (χ3v) is 4.74. The van der Waals surface area contributed by atoms with Crippen molar-refractivity contribution in [1.82, 2.24) is 0 Å². The fourth-order valence-corrected chi connectivity index (χ4v) is 3.51. The number of allylic oxidation sites excluding steroid dienone is 2. The van der Waals surface area contributed by atoms with E-state index in [1.165, 1.54) is 0 Å². The lowest BCUT2D eigenvalue weighted by atomic mass is 9.72. The van der Waals surface area contributed by atoms with Gasteiger partial charge in [0.1, 0.15) is 0 Å². The first-order valence-electron chi connectivity index (χ1n) is 8.01. The number of anilines is 1. The summed E-state index contributed by atoms with van der Waals surface area (Å²) in [5, 5.41) is 9.64. The number of nitrogens with zero attached hydrogens (tertiary/aromatic N) is 3. The maximum absolute atomic E-state index is 12.5. The molecule has 0 spiro atoms. The number of Topliss-reactive ketones (excluding diaryl/α,β-unsaturated/α-hetero) is 1. The number of carbonyl (C=O) groups is 1. The largest absolute Gasteiger partial charge is 0.378 e. The molecule has 1 aliphatic heterocycles. The highest BCUT2D eigenvalue weighted by Crippen LogP contribution is 2.43. The van der Waals surface area contributed by atoms with Gasteiger partial charge in [-0.05, 0) is 37.5 Å². The Morgan fingerprint density at radius 2 is 1.91 bits per heavy atom. The lowest BCUT2D eigenvalue weighted by Gasteiger charge is -2.32. The van der Waals surface area contributed by atoms with Crippen molar-refractivity contribution < 1.29 is 4.79 Å². The second-order valence-electron chi connectivity index (χ2n) is 6.46. The van der Waals surface area contributed by atoms with Gasteiger partial charge in [0.15, 0.2) is 5.78 Å². The van der Waals surface area contributed by atoms with E-state index in [9.17, 15) is 10.1 Å². The Balaban J connectivity index is 2.10. The zero-order valence-electron chi connectivity index (χ0n) is 13.8. The molecule has 2 atom stereocenters. The molecule has 118 valence electrons. The Morgan fingerprint density at radius 3 is 2.52 bits per heavy atom. The summed E-state index contributed by atoms with van der Waals surface area (Å²) in [6.07, 6.45) is 2.26. The Morgan fingerprint density at radius 1 is 1.22 bits per heavy atom. The molecule has 1 unspecified atom stereocenters. The van der Waals surface area contributed by atoms with Crippen LogP contribution in [0, 0.1) is 17.2 Å². The summed E-state index contributed by atoms with van der Waals surface area (Å²) in [7, 11) is 3.99. The van der Waals surface area contributed by atoms with Gasteiger partial charge in [-0.2, -0.15) is 5.26 Å². The van der Waals surface area contributed by atoms with E-state index >= 15 is 0 Å². The molecule has 0 bridgehead atoms. The topological polar surface area (TPSA) is 56.5 Å². The SMILES string of the molecule is CC1=NC2=C(C(=O)CCC2)[C@@H](c2ccc(N(C)C)cc2)C1C#N. The number of rotatable bonds is 2. The van der Waals surface area contributed by atoms with E-state index < -0.39 is 0 Å². The van der Waals surface area contributed by atoms with Crippen LogP contribution in [0.3, 0.4) is 0 Å². The number of ketones is 1. The Kier molecular flexibility index (Phi) is 4.04. The lowest BCUT2D eigenvalue weighted by Crippen LogP contribution is -2.30. The first kappa shape index (κ1) is 15.5. The molecule has 4 nitrogen and oxygen atoms in total. The van der Waals surface area contributed by atoms with Gasteiger partial charge >= 0.3 is 0 Å². The highest BCUT2D eigenvalue weighted by molar-refractivity contribution is 6.02. The van der Waals surface area contributed by atoms with Gasteiger partial charge in [-0.15, -0.1) is 0 Å². The summed E-state index contributed by atoms with van der Waals surface area (Å²) < 4.78 is 0. The molecule has 2 aliphatic rings. The molecule has 3 rings (SSSR count). The number of benzene rings is 1. The second-order valence-corrected chi connectivity index (χ2v) is 6.46. The summed E-state index contributed by atoms with van der Waals surface area (Å²) in [4.78, 5) is 19.1. The van der Waals surface area contributed by atoms with Gasteiger partial charge in [-0.1, -0.05) is 12.1 Å². The highest BCUT2D eigenvalue weighted by atomic mass is 16.1. The molecule has 4 heteroatoms. The van der Waals surface area contributed by atoms with Gasteiger partial charge in [0.25, 0.3) is 0 Å². The van der Waals surface area contributed by atoms with E-state index in [0.29, 0.717) is 6.42 Å². The van der Waals surface area contributed by atoms with E-state index in [-0.39, 0.29) is 17.6 Å². The van der Waals surface area contributed by atoms with Crippen LogP contribution in [0.5, 0.6) is 0 Å². The van der Waals surface area contributed by atoms with Gasteiger partial charge in [0.2, 0.25) is 0 Å². The molecule has 0 fully saturated rings. The molecule has 0 aromatic heterocycles. The summed E-state index contributed by atoms with van der Waals surface area (Å²) in [6.45, 7) is 1.90. The molecule has 0 saturated carbocycles. The maximum Gasteiger partial charge on any atom is 0.161 e. The molecule has 1 aromatic carbocycles. The first-order chi connectivity index (χ1) is 11.0. The fourth-order valence-electron chi connectivity index (χ4n) is 3.51. The van der Waals surface area contributed by atoms with Crippen LogP contribution in [-0.2, 0) is 4.79 Å².